The van der Waals surface area contributed by atoms with Gasteiger partial charge in [-0.25, -0.2) is 4.39 Å². The highest BCUT2D eigenvalue weighted by Crippen LogP contribution is 2.22. The Morgan fingerprint density at radius 2 is 2.05 bits per heavy atom. The van der Waals surface area contributed by atoms with Gasteiger partial charge in [-0.05, 0) is 52.3 Å². The molecule has 0 aliphatic carbocycles. The van der Waals surface area contributed by atoms with Crippen molar-refractivity contribution in [3.05, 3.63) is 35.6 Å². The fraction of sp³-hybridized carbons (Fsp3) is 0.625. The molecule has 0 amide bonds. The number of benzene rings is 1. The zero-order valence-corrected chi connectivity index (χ0v) is 12.2. The lowest BCUT2D eigenvalue weighted by molar-refractivity contribution is 0.174. The van der Waals surface area contributed by atoms with Crippen LogP contribution >= 0.6 is 0 Å². The molecule has 3 atom stereocenters. The maximum absolute atomic E-state index is 13.7. The fourth-order valence-electron chi connectivity index (χ4n) is 3.06. The van der Waals surface area contributed by atoms with Crippen molar-refractivity contribution in [1.82, 2.24) is 10.2 Å². The van der Waals surface area contributed by atoms with E-state index >= 15 is 0 Å². The molecular formula is C16H25FN2. The van der Waals surface area contributed by atoms with E-state index in [9.17, 15) is 4.39 Å². The Balaban J connectivity index is 1.95. The lowest BCUT2D eigenvalue weighted by Gasteiger charge is -2.35. The second-order valence-electron chi connectivity index (χ2n) is 5.86. The summed E-state index contributed by atoms with van der Waals surface area (Å²) in [4.78, 5) is 2.39. The van der Waals surface area contributed by atoms with Crippen molar-refractivity contribution in [1.29, 1.82) is 0 Å². The summed E-state index contributed by atoms with van der Waals surface area (Å²) in [5, 5.41) is 3.56. The van der Waals surface area contributed by atoms with Gasteiger partial charge in [0.25, 0.3) is 0 Å². The summed E-state index contributed by atoms with van der Waals surface area (Å²) in [6.07, 6.45) is 2.53. The minimum Gasteiger partial charge on any atom is -0.307 e. The van der Waals surface area contributed by atoms with Crippen LogP contribution in [0.5, 0.6) is 0 Å². The van der Waals surface area contributed by atoms with E-state index in [0.717, 1.165) is 12.1 Å². The highest BCUT2D eigenvalue weighted by Gasteiger charge is 2.24. The summed E-state index contributed by atoms with van der Waals surface area (Å²) < 4.78 is 13.7. The Bertz CT molecular complexity index is 407. The first-order valence-corrected chi connectivity index (χ1v) is 7.27. The quantitative estimate of drug-likeness (QED) is 0.898. The molecule has 1 saturated heterocycles. The monoisotopic (exact) mass is 264 g/mol. The highest BCUT2D eigenvalue weighted by atomic mass is 19.1. The van der Waals surface area contributed by atoms with Gasteiger partial charge in [-0.2, -0.15) is 0 Å². The molecule has 1 N–H and O–H groups in total. The van der Waals surface area contributed by atoms with Gasteiger partial charge in [-0.15, -0.1) is 0 Å². The first-order valence-electron chi connectivity index (χ1n) is 7.27. The Labute approximate surface area is 116 Å². The van der Waals surface area contributed by atoms with Gasteiger partial charge in [0, 0.05) is 24.2 Å². The molecule has 3 unspecified atom stereocenters. The van der Waals surface area contributed by atoms with Gasteiger partial charge in [-0.3, -0.25) is 0 Å². The zero-order valence-electron chi connectivity index (χ0n) is 12.2. The molecule has 0 radical (unpaired) electrons. The maximum atomic E-state index is 13.7. The van der Waals surface area contributed by atoms with Crippen LogP contribution in [0.15, 0.2) is 24.3 Å². The van der Waals surface area contributed by atoms with Crippen LogP contribution in [0.2, 0.25) is 0 Å². The highest BCUT2D eigenvalue weighted by molar-refractivity contribution is 5.20. The minimum atomic E-state index is -0.115. The van der Waals surface area contributed by atoms with Crippen LogP contribution in [0.3, 0.4) is 0 Å². The number of hydrogen-bond donors (Lipinski definition) is 1. The zero-order chi connectivity index (χ0) is 13.8. The van der Waals surface area contributed by atoms with Crippen molar-refractivity contribution in [3.63, 3.8) is 0 Å². The van der Waals surface area contributed by atoms with Crippen molar-refractivity contribution in [3.8, 4) is 0 Å². The van der Waals surface area contributed by atoms with Crippen molar-refractivity contribution in [2.75, 3.05) is 20.1 Å². The molecule has 0 bridgehead atoms. The molecular weight excluding hydrogens is 239 g/mol. The molecule has 0 aromatic heterocycles. The average Bonchev–Trinajstić information content (AvgIpc) is 2.39. The second-order valence-corrected chi connectivity index (χ2v) is 5.86. The second kappa shape index (κ2) is 6.49. The minimum absolute atomic E-state index is 0.0587. The number of halogens is 1. The number of nitrogens with one attached hydrogen (secondary N) is 1. The first-order chi connectivity index (χ1) is 9.08. The largest absolute Gasteiger partial charge is 0.307 e. The molecule has 1 aliphatic heterocycles. The molecule has 19 heavy (non-hydrogen) atoms. The Morgan fingerprint density at radius 1 is 1.32 bits per heavy atom. The van der Waals surface area contributed by atoms with Crippen LogP contribution in [-0.2, 0) is 0 Å². The van der Waals surface area contributed by atoms with Gasteiger partial charge in [0.2, 0.25) is 0 Å². The molecule has 1 aliphatic rings. The third-order valence-corrected chi connectivity index (χ3v) is 4.25. The van der Waals surface area contributed by atoms with Crippen molar-refractivity contribution in [2.24, 2.45) is 5.92 Å². The number of hydrogen-bond acceptors (Lipinski definition) is 2. The van der Waals surface area contributed by atoms with Crippen LogP contribution in [0.4, 0.5) is 4.39 Å². The van der Waals surface area contributed by atoms with Crippen LogP contribution in [0.25, 0.3) is 0 Å². The topological polar surface area (TPSA) is 15.3 Å². The summed E-state index contributed by atoms with van der Waals surface area (Å²) >= 11 is 0. The van der Waals surface area contributed by atoms with E-state index in [-0.39, 0.29) is 11.9 Å². The summed E-state index contributed by atoms with van der Waals surface area (Å²) in [5.74, 6) is 0.545. The van der Waals surface area contributed by atoms with Gasteiger partial charge in [0.1, 0.15) is 5.82 Å². The number of nitrogens with zero attached hydrogens (tertiary/aromatic N) is 1. The number of piperidine rings is 1. The molecule has 2 rings (SSSR count). The maximum Gasteiger partial charge on any atom is 0.127 e. The van der Waals surface area contributed by atoms with E-state index in [0.29, 0.717) is 12.0 Å². The van der Waals surface area contributed by atoms with Crippen LogP contribution in [0.1, 0.15) is 38.3 Å². The van der Waals surface area contributed by atoms with Gasteiger partial charge in [0.05, 0.1) is 0 Å². The fourth-order valence-corrected chi connectivity index (χ4v) is 3.06. The van der Waals surface area contributed by atoms with E-state index < -0.39 is 0 Å². The molecule has 2 nitrogen and oxygen atoms in total. The van der Waals surface area contributed by atoms with Gasteiger partial charge in [-0.1, -0.05) is 18.2 Å². The number of rotatable bonds is 4. The van der Waals surface area contributed by atoms with Gasteiger partial charge < -0.3 is 10.2 Å². The predicted molar refractivity (Wildman–Crippen MR) is 77.6 cm³/mol. The van der Waals surface area contributed by atoms with E-state index in [2.05, 4.69) is 24.2 Å². The SMILES string of the molecule is CC(NC(C)C1CCCN(C)C1)c1ccccc1F. The third kappa shape index (κ3) is 3.77. The molecule has 1 fully saturated rings. The van der Waals surface area contributed by atoms with Crippen molar-refractivity contribution in [2.45, 2.75) is 38.8 Å². The van der Waals surface area contributed by atoms with E-state index in [1.54, 1.807) is 6.07 Å². The van der Waals surface area contributed by atoms with Gasteiger partial charge >= 0.3 is 0 Å². The lowest BCUT2D eigenvalue weighted by Crippen LogP contribution is -2.43. The molecule has 0 spiro atoms. The van der Waals surface area contributed by atoms with E-state index in [1.165, 1.54) is 25.5 Å². The average molecular weight is 264 g/mol. The van der Waals surface area contributed by atoms with Crippen molar-refractivity contribution >= 4 is 0 Å². The molecule has 1 aromatic rings. The van der Waals surface area contributed by atoms with Crippen LogP contribution < -0.4 is 5.32 Å². The summed E-state index contributed by atoms with van der Waals surface area (Å²) in [7, 11) is 2.18. The Morgan fingerprint density at radius 3 is 2.74 bits per heavy atom. The summed E-state index contributed by atoms with van der Waals surface area (Å²) in [6, 6.07) is 7.51. The summed E-state index contributed by atoms with van der Waals surface area (Å²) in [5.41, 5.74) is 0.763. The lowest BCUT2D eigenvalue weighted by atomic mass is 9.91. The summed E-state index contributed by atoms with van der Waals surface area (Å²) in [6.45, 7) is 6.60. The van der Waals surface area contributed by atoms with Gasteiger partial charge in [0.15, 0.2) is 0 Å². The molecule has 1 aromatic carbocycles. The predicted octanol–water partition coefficient (Wildman–Crippen LogP) is 3.21. The molecule has 0 saturated carbocycles. The van der Waals surface area contributed by atoms with Crippen LogP contribution in [0, 0.1) is 11.7 Å². The van der Waals surface area contributed by atoms with Crippen molar-refractivity contribution < 1.29 is 4.39 Å². The Kier molecular flexibility index (Phi) is 4.94. The molecule has 1 heterocycles. The normalized spacial score (nSPS) is 24.1. The van der Waals surface area contributed by atoms with Crippen LogP contribution in [-0.4, -0.2) is 31.1 Å². The Hall–Kier alpha value is -0.930. The van der Waals surface area contributed by atoms with E-state index in [4.69, 9.17) is 0 Å². The smallest absolute Gasteiger partial charge is 0.127 e. The van der Waals surface area contributed by atoms with E-state index in [1.807, 2.05) is 19.1 Å². The molecule has 106 valence electrons. The number of likely N-dealkylation sites (tertiary alicyclic amines) is 1. The first kappa shape index (κ1) is 14.5. The third-order valence-electron chi connectivity index (χ3n) is 4.25. The molecule has 3 heteroatoms. The standard InChI is InChI=1S/C16H25FN2/c1-12(14-7-6-10-19(3)11-14)18-13(2)15-8-4-5-9-16(15)17/h4-5,8-9,12-14,18H,6-7,10-11H2,1-3H3.